The van der Waals surface area contributed by atoms with Gasteiger partial charge in [-0.1, -0.05) is 25.7 Å². The van der Waals surface area contributed by atoms with E-state index in [0.717, 1.165) is 18.9 Å². The van der Waals surface area contributed by atoms with Crippen LogP contribution in [-0.2, 0) is 11.5 Å². The minimum Gasteiger partial charge on any atom is -0.487 e. The van der Waals surface area contributed by atoms with Crippen molar-refractivity contribution in [3.05, 3.63) is 53.0 Å². The van der Waals surface area contributed by atoms with Crippen molar-refractivity contribution in [2.75, 3.05) is 6.61 Å². The molecule has 11 heteroatoms. The van der Waals surface area contributed by atoms with Gasteiger partial charge in [-0.25, -0.2) is 4.68 Å². The van der Waals surface area contributed by atoms with Gasteiger partial charge in [0, 0.05) is 25.8 Å². The molecule has 1 aliphatic carbocycles. The zero-order valence-electron chi connectivity index (χ0n) is 20.6. The summed E-state index contributed by atoms with van der Waals surface area (Å²) in [4.78, 5) is 16.5. The van der Waals surface area contributed by atoms with Crippen molar-refractivity contribution in [3.8, 4) is 22.8 Å². The van der Waals surface area contributed by atoms with E-state index in [1.165, 1.54) is 23.0 Å². The number of aliphatic hydroxyl groups is 1. The maximum Gasteiger partial charge on any atom is 0.387 e. The fourth-order valence-electron chi connectivity index (χ4n) is 3.75. The second kappa shape index (κ2) is 10.5. The minimum absolute atomic E-state index is 0.0115. The molecule has 36 heavy (non-hydrogen) atoms. The lowest BCUT2D eigenvalue weighted by Crippen LogP contribution is -2.26. The summed E-state index contributed by atoms with van der Waals surface area (Å²) >= 11 is 0. The molecule has 0 amide bonds. The number of aromatic amines is 1. The van der Waals surface area contributed by atoms with E-state index in [1.54, 1.807) is 12.1 Å². The molecular weight excluding hydrogens is 488 g/mol. The quantitative estimate of drug-likeness (QED) is 0.197. The van der Waals surface area contributed by atoms with Gasteiger partial charge in [-0.15, -0.1) is 6.58 Å². The van der Waals surface area contributed by atoms with Gasteiger partial charge in [-0.2, -0.15) is 13.9 Å². The van der Waals surface area contributed by atoms with Gasteiger partial charge >= 0.3 is 6.61 Å². The Morgan fingerprint density at radius 2 is 2.06 bits per heavy atom. The highest BCUT2D eigenvalue weighted by Crippen LogP contribution is 2.40. The summed E-state index contributed by atoms with van der Waals surface area (Å²) in [7, 11) is -1.28. The predicted molar refractivity (Wildman–Crippen MR) is 135 cm³/mol. The van der Waals surface area contributed by atoms with Gasteiger partial charge in [-0.3, -0.25) is 4.79 Å². The van der Waals surface area contributed by atoms with Gasteiger partial charge in [0.2, 0.25) is 0 Å². The third-order valence-electron chi connectivity index (χ3n) is 5.84. The first kappa shape index (κ1) is 26.1. The zero-order chi connectivity index (χ0) is 26.0. The van der Waals surface area contributed by atoms with Crippen LogP contribution in [0.25, 0.3) is 22.2 Å². The molecule has 1 fully saturated rings. The lowest BCUT2D eigenvalue weighted by molar-refractivity contribution is -0.0516. The summed E-state index contributed by atoms with van der Waals surface area (Å²) in [5.74, 6) is 0.0846. The average Bonchev–Trinajstić information content (AvgIpc) is 3.54. The number of hydrogen-bond acceptors (Lipinski definition) is 6. The van der Waals surface area contributed by atoms with Crippen LogP contribution >= 0.6 is 0 Å². The van der Waals surface area contributed by atoms with E-state index in [0.29, 0.717) is 28.9 Å². The van der Waals surface area contributed by atoms with Gasteiger partial charge in [0.15, 0.2) is 11.5 Å². The van der Waals surface area contributed by atoms with Crippen molar-refractivity contribution in [1.29, 1.82) is 0 Å². The molecule has 1 aliphatic rings. The van der Waals surface area contributed by atoms with Crippen molar-refractivity contribution in [1.82, 2.24) is 14.8 Å². The van der Waals surface area contributed by atoms with Gasteiger partial charge < -0.3 is 24.3 Å². The van der Waals surface area contributed by atoms with E-state index in [4.69, 9.17) is 9.47 Å². The molecule has 2 N–H and O–H groups in total. The summed E-state index contributed by atoms with van der Waals surface area (Å²) in [6.07, 6.45) is 3.24. The van der Waals surface area contributed by atoms with Gasteiger partial charge in [-0.05, 0) is 37.1 Å². The van der Waals surface area contributed by atoms with Gasteiger partial charge in [0.05, 0.1) is 35.0 Å². The topological polar surface area (TPSA) is 98.6 Å². The van der Waals surface area contributed by atoms with Crippen LogP contribution in [0, 0.1) is 0 Å². The van der Waals surface area contributed by atoms with Crippen LogP contribution in [0.5, 0.6) is 11.5 Å². The Bertz CT molecular complexity index is 1300. The van der Waals surface area contributed by atoms with Crippen molar-refractivity contribution < 1.29 is 28.1 Å². The second-order valence-corrected chi connectivity index (χ2v) is 15.7. The molecule has 0 aliphatic heterocycles. The van der Waals surface area contributed by atoms with Crippen LogP contribution in [0.1, 0.15) is 24.5 Å². The van der Waals surface area contributed by atoms with E-state index in [9.17, 15) is 18.7 Å². The lowest BCUT2D eigenvalue weighted by atomic mass is 10.0. The van der Waals surface area contributed by atoms with Crippen molar-refractivity contribution in [3.63, 3.8) is 0 Å². The Labute approximate surface area is 208 Å². The first-order chi connectivity index (χ1) is 17.1. The Morgan fingerprint density at radius 1 is 1.31 bits per heavy atom. The molecule has 3 aromatic rings. The fraction of sp³-hybridized carbons (Fsp3) is 0.440. The third-order valence-corrected chi connectivity index (χ3v) is 7.54. The van der Waals surface area contributed by atoms with Crippen molar-refractivity contribution >= 4 is 19.0 Å². The number of fused-ring (bicyclic) bond motifs is 1. The first-order valence-electron chi connectivity index (χ1n) is 11.8. The molecule has 1 saturated carbocycles. The highest BCUT2D eigenvalue weighted by Gasteiger charge is 2.27. The number of H-pyrrole nitrogens is 1. The third kappa shape index (κ3) is 6.02. The molecule has 0 saturated heterocycles. The van der Waals surface area contributed by atoms with E-state index in [1.807, 2.05) is 0 Å². The summed E-state index contributed by atoms with van der Waals surface area (Å²) in [5, 5.41) is 15.2. The molecular formula is C25H31F2N3O5Si. The average molecular weight is 520 g/mol. The molecule has 1 atom stereocenters. The fourth-order valence-corrected chi connectivity index (χ4v) is 4.50. The normalized spacial score (nSPS) is 14.9. The van der Waals surface area contributed by atoms with E-state index in [2.05, 4.69) is 41.0 Å². The van der Waals surface area contributed by atoms with Crippen LogP contribution in [0.15, 0.2) is 41.8 Å². The number of nitrogens with zero attached hydrogens (tertiary/aromatic N) is 2. The SMILES string of the molecule is C=CC(O)c1c(-c2ccc(OC(F)F)c(OC3CC3)c2)[nH]c2cnn(COCC[Si](C)(C)C)c(=O)c12. The van der Waals surface area contributed by atoms with Crippen LogP contribution in [0.4, 0.5) is 8.78 Å². The predicted octanol–water partition coefficient (Wildman–Crippen LogP) is 5.07. The summed E-state index contributed by atoms with van der Waals surface area (Å²) in [6, 6.07) is 5.46. The van der Waals surface area contributed by atoms with Crippen LogP contribution in [-0.4, -0.2) is 47.3 Å². The molecule has 4 rings (SSSR count). The number of aromatic nitrogens is 3. The monoisotopic (exact) mass is 519 g/mol. The highest BCUT2D eigenvalue weighted by molar-refractivity contribution is 6.76. The molecule has 0 radical (unpaired) electrons. The zero-order valence-corrected chi connectivity index (χ0v) is 21.6. The van der Waals surface area contributed by atoms with Crippen molar-refractivity contribution in [2.24, 2.45) is 0 Å². The number of benzene rings is 1. The minimum atomic E-state index is -3.00. The van der Waals surface area contributed by atoms with E-state index in [-0.39, 0.29) is 29.7 Å². The number of ether oxygens (including phenoxy) is 3. The lowest BCUT2D eigenvalue weighted by Gasteiger charge is -2.15. The number of nitrogens with one attached hydrogen (secondary N) is 1. The molecule has 1 unspecified atom stereocenters. The Kier molecular flexibility index (Phi) is 7.62. The largest absolute Gasteiger partial charge is 0.487 e. The van der Waals surface area contributed by atoms with Crippen LogP contribution in [0.3, 0.4) is 0 Å². The van der Waals surface area contributed by atoms with E-state index >= 15 is 0 Å². The molecule has 0 spiro atoms. The molecule has 8 nitrogen and oxygen atoms in total. The highest BCUT2D eigenvalue weighted by atomic mass is 28.3. The van der Waals surface area contributed by atoms with Crippen LogP contribution in [0.2, 0.25) is 25.7 Å². The smallest absolute Gasteiger partial charge is 0.387 e. The molecule has 194 valence electrons. The number of halogens is 2. The van der Waals surface area contributed by atoms with Crippen molar-refractivity contribution in [2.45, 2.75) is 64.1 Å². The number of hydrogen-bond donors (Lipinski definition) is 2. The standard InChI is InChI=1S/C25H31F2N3O5Si/c1-5-18(31)22-21-17(13-28-30(24(21)32)14-33-10-11-36(2,3)4)29-23(22)15-6-9-19(35-25(26)27)20(12-15)34-16-7-8-16/h5-6,9,12-13,16,18,25,29,31H,1,7-8,10-11,14H2,2-4H3. The Morgan fingerprint density at radius 3 is 2.69 bits per heavy atom. The Balaban J connectivity index is 1.74. The first-order valence-corrected chi connectivity index (χ1v) is 15.5. The number of alkyl halides is 2. The molecule has 2 aromatic heterocycles. The number of rotatable bonds is 12. The summed E-state index contributed by atoms with van der Waals surface area (Å²) in [5.41, 5.74) is 1.26. The maximum atomic E-state index is 13.3. The molecule has 2 heterocycles. The molecule has 0 bridgehead atoms. The van der Waals surface area contributed by atoms with Gasteiger partial charge in [0.25, 0.3) is 5.56 Å². The summed E-state index contributed by atoms with van der Waals surface area (Å²) in [6.45, 7) is 7.91. The second-order valence-electron chi connectivity index (χ2n) is 10.0. The summed E-state index contributed by atoms with van der Waals surface area (Å²) < 4.78 is 43.1. The van der Waals surface area contributed by atoms with Crippen LogP contribution < -0.4 is 15.0 Å². The Hall–Kier alpha value is -3.02. The molecule has 1 aromatic carbocycles. The van der Waals surface area contributed by atoms with E-state index < -0.39 is 26.3 Å². The van der Waals surface area contributed by atoms with Gasteiger partial charge in [0.1, 0.15) is 6.73 Å². The maximum absolute atomic E-state index is 13.3. The number of aliphatic hydroxyl groups excluding tert-OH is 1.